The van der Waals surface area contributed by atoms with Crippen LogP contribution in [-0.4, -0.2) is 19.0 Å². The summed E-state index contributed by atoms with van der Waals surface area (Å²) in [5.41, 5.74) is 1.06. The van der Waals surface area contributed by atoms with Crippen molar-refractivity contribution >= 4 is 17.5 Å². The predicted molar refractivity (Wildman–Crippen MR) is 75.7 cm³/mol. The van der Waals surface area contributed by atoms with Crippen LogP contribution in [0.15, 0.2) is 24.3 Å². The van der Waals surface area contributed by atoms with Crippen LogP contribution in [0, 0.1) is 5.92 Å². The molecule has 3 nitrogen and oxygen atoms in total. The summed E-state index contributed by atoms with van der Waals surface area (Å²) in [7, 11) is 0. The Balaban J connectivity index is 2.51. The second-order valence-electron chi connectivity index (χ2n) is 4.49. The lowest BCUT2D eigenvalue weighted by molar-refractivity contribution is -0.125. The first kappa shape index (κ1) is 15.0. The number of hydrogen-bond donors (Lipinski definition) is 2. The Morgan fingerprint density at radius 2 is 1.89 bits per heavy atom. The first-order valence-corrected chi connectivity index (χ1v) is 6.69. The van der Waals surface area contributed by atoms with Crippen LogP contribution in [0.3, 0.4) is 0 Å². The fourth-order valence-electron chi connectivity index (χ4n) is 1.64. The zero-order chi connectivity index (χ0) is 13.5. The fraction of sp³-hybridized carbons (Fsp3) is 0.500. The molecule has 0 saturated heterocycles. The molecule has 0 fully saturated rings. The van der Waals surface area contributed by atoms with Gasteiger partial charge in [0.05, 0.1) is 6.04 Å². The maximum absolute atomic E-state index is 11.9. The van der Waals surface area contributed by atoms with Crippen LogP contribution in [0.4, 0.5) is 0 Å². The SMILES string of the molecule is CCNCC(C)C(=O)N[C@H](C)c1ccc(Cl)cc1. The minimum absolute atomic E-state index is 0.00107. The molecule has 1 amide bonds. The molecule has 1 aromatic carbocycles. The quantitative estimate of drug-likeness (QED) is 0.833. The van der Waals surface area contributed by atoms with Crippen LogP contribution in [0.2, 0.25) is 5.02 Å². The molecule has 0 radical (unpaired) electrons. The van der Waals surface area contributed by atoms with E-state index >= 15 is 0 Å². The van der Waals surface area contributed by atoms with E-state index in [1.807, 2.05) is 45.0 Å². The van der Waals surface area contributed by atoms with Crippen LogP contribution in [0.5, 0.6) is 0 Å². The minimum atomic E-state index is -0.0281. The normalized spacial score (nSPS) is 14.0. The molecule has 2 N–H and O–H groups in total. The number of carbonyl (C=O) groups is 1. The average Bonchev–Trinajstić information content (AvgIpc) is 2.36. The highest BCUT2D eigenvalue weighted by atomic mass is 35.5. The Morgan fingerprint density at radius 3 is 2.44 bits per heavy atom. The van der Waals surface area contributed by atoms with Gasteiger partial charge in [-0.3, -0.25) is 4.79 Å². The number of benzene rings is 1. The van der Waals surface area contributed by atoms with Gasteiger partial charge in [-0.15, -0.1) is 0 Å². The molecule has 1 rings (SSSR count). The van der Waals surface area contributed by atoms with Crippen molar-refractivity contribution in [1.29, 1.82) is 0 Å². The highest BCUT2D eigenvalue weighted by molar-refractivity contribution is 6.30. The minimum Gasteiger partial charge on any atom is -0.349 e. The third-order valence-corrected chi connectivity index (χ3v) is 3.13. The summed E-state index contributed by atoms with van der Waals surface area (Å²) in [6.45, 7) is 7.51. The van der Waals surface area contributed by atoms with Gasteiger partial charge in [0.25, 0.3) is 0 Å². The number of amides is 1. The first-order chi connectivity index (χ1) is 8.54. The van der Waals surface area contributed by atoms with Crippen molar-refractivity contribution in [3.63, 3.8) is 0 Å². The lowest BCUT2D eigenvalue weighted by atomic mass is 10.1. The summed E-state index contributed by atoms with van der Waals surface area (Å²) < 4.78 is 0. The maximum Gasteiger partial charge on any atom is 0.224 e. The summed E-state index contributed by atoms with van der Waals surface area (Å²) in [5.74, 6) is 0.0399. The third-order valence-electron chi connectivity index (χ3n) is 2.88. The highest BCUT2D eigenvalue weighted by Crippen LogP contribution is 2.16. The van der Waals surface area contributed by atoms with Gasteiger partial charge in [-0.25, -0.2) is 0 Å². The molecule has 1 aromatic rings. The zero-order valence-corrected chi connectivity index (χ0v) is 11.9. The number of hydrogen-bond acceptors (Lipinski definition) is 2. The van der Waals surface area contributed by atoms with E-state index in [0.717, 1.165) is 12.1 Å². The van der Waals surface area contributed by atoms with Crippen LogP contribution in [-0.2, 0) is 4.79 Å². The van der Waals surface area contributed by atoms with Gasteiger partial charge in [-0.2, -0.15) is 0 Å². The summed E-state index contributed by atoms with van der Waals surface area (Å²) in [5, 5.41) is 6.88. The molecule has 0 aliphatic heterocycles. The molecule has 18 heavy (non-hydrogen) atoms. The van der Waals surface area contributed by atoms with Crippen LogP contribution >= 0.6 is 11.6 Å². The molecule has 0 aliphatic carbocycles. The first-order valence-electron chi connectivity index (χ1n) is 6.31. The average molecular weight is 269 g/mol. The second kappa shape index (κ2) is 7.39. The van der Waals surface area contributed by atoms with Gasteiger partial charge in [-0.1, -0.05) is 37.6 Å². The molecule has 2 atom stereocenters. The van der Waals surface area contributed by atoms with Crippen molar-refractivity contribution in [3.8, 4) is 0 Å². The summed E-state index contributed by atoms with van der Waals surface area (Å²) in [4.78, 5) is 11.9. The summed E-state index contributed by atoms with van der Waals surface area (Å²) in [6.07, 6.45) is 0. The number of carbonyl (C=O) groups excluding carboxylic acids is 1. The summed E-state index contributed by atoms with van der Waals surface area (Å²) >= 11 is 5.83. The monoisotopic (exact) mass is 268 g/mol. The molecular formula is C14H21ClN2O. The Bertz CT molecular complexity index is 378. The van der Waals surface area contributed by atoms with Crippen LogP contribution in [0.1, 0.15) is 32.4 Å². The van der Waals surface area contributed by atoms with E-state index in [-0.39, 0.29) is 17.9 Å². The van der Waals surface area contributed by atoms with Crippen LogP contribution < -0.4 is 10.6 Å². The van der Waals surface area contributed by atoms with Gasteiger partial charge in [0, 0.05) is 17.5 Å². The lowest BCUT2D eigenvalue weighted by Gasteiger charge is -2.18. The molecular weight excluding hydrogens is 248 g/mol. The molecule has 4 heteroatoms. The van der Waals surface area contributed by atoms with Gasteiger partial charge in [0.1, 0.15) is 0 Å². The smallest absolute Gasteiger partial charge is 0.224 e. The fourth-order valence-corrected chi connectivity index (χ4v) is 1.77. The number of nitrogens with one attached hydrogen (secondary N) is 2. The van der Waals surface area contributed by atoms with E-state index in [1.165, 1.54) is 0 Å². The number of halogens is 1. The maximum atomic E-state index is 11.9. The molecule has 0 heterocycles. The highest BCUT2D eigenvalue weighted by Gasteiger charge is 2.15. The molecule has 0 spiro atoms. The van der Waals surface area contributed by atoms with Crippen molar-refractivity contribution in [1.82, 2.24) is 10.6 Å². The van der Waals surface area contributed by atoms with Crippen molar-refractivity contribution in [2.45, 2.75) is 26.8 Å². The number of rotatable bonds is 6. The van der Waals surface area contributed by atoms with Crippen molar-refractivity contribution < 1.29 is 4.79 Å². The van der Waals surface area contributed by atoms with E-state index < -0.39 is 0 Å². The van der Waals surface area contributed by atoms with Gasteiger partial charge >= 0.3 is 0 Å². The van der Waals surface area contributed by atoms with Gasteiger partial charge in [-0.05, 0) is 31.2 Å². The van der Waals surface area contributed by atoms with Crippen LogP contribution in [0.25, 0.3) is 0 Å². The van der Waals surface area contributed by atoms with Crippen molar-refractivity contribution in [3.05, 3.63) is 34.9 Å². The van der Waals surface area contributed by atoms with E-state index in [9.17, 15) is 4.79 Å². The molecule has 0 aliphatic rings. The Hall–Kier alpha value is -1.06. The second-order valence-corrected chi connectivity index (χ2v) is 4.93. The van der Waals surface area contributed by atoms with E-state index in [2.05, 4.69) is 10.6 Å². The molecule has 0 saturated carbocycles. The third kappa shape index (κ3) is 4.67. The predicted octanol–water partition coefficient (Wildman–Crippen LogP) is 2.76. The van der Waals surface area contributed by atoms with Crippen molar-refractivity contribution in [2.75, 3.05) is 13.1 Å². The van der Waals surface area contributed by atoms with Gasteiger partial charge < -0.3 is 10.6 Å². The Labute approximate surface area is 114 Å². The van der Waals surface area contributed by atoms with E-state index in [4.69, 9.17) is 11.6 Å². The topological polar surface area (TPSA) is 41.1 Å². The molecule has 0 bridgehead atoms. The van der Waals surface area contributed by atoms with Gasteiger partial charge in [0.2, 0.25) is 5.91 Å². The molecule has 100 valence electrons. The molecule has 0 aromatic heterocycles. The summed E-state index contributed by atoms with van der Waals surface area (Å²) in [6, 6.07) is 7.53. The lowest BCUT2D eigenvalue weighted by Crippen LogP contribution is -2.36. The van der Waals surface area contributed by atoms with E-state index in [0.29, 0.717) is 11.6 Å². The largest absolute Gasteiger partial charge is 0.349 e. The van der Waals surface area contributed by atoms with Gasteiger partial charge in [0.15, 0.2) is 0 Å². The van der Waals surface area contributed by atoms with Crippen molar-refractivity contribution in [2.24, 2.45) is 5.92 Å². The molecule has 1 unspecified atom stereocenters. The van der Waals surface area contributed by atoms with E-state index in [1.54, 1.807) is 0 Å². The Morgan fingerprint density at radius 1 is 1.28 bits per heavy atom. The standard InChI is InChI=1S/C14H21ClN2O/c1-4-16-9-10(2)14(18)17-11(3)12-5-7-13(15)8-6-12/h5-8,10-11,16H,4,9H2,1-3H3,(H,17,18)/t10?,11-/m1/s1. The Kier molecular flexibility index (Phi) is 6.16. The zero-order valence-electron chi connectivity index (χ0n) is 11.2.